The Labute approximate surface area is 99.4 Å². The van der Waals surface area contributed by atoms with Crippen LogP contribution in [0.1, 0.15) is 43.8 Å². The Morgan fingerprint density at radius 1 is 1.25 bits per heavy atom. The lowest BCUT2D eigenvalue weighted by Gasteiger charge is -2.17. The highest BCUT2D eigenvalue weighted by molar-refractivity contribution is 6.33. The summed E-state index contributed by atoms with van der Waals surface area (Å²) in [5.41, 5.74) is 0.782. The van der Waals surface area contributed by atoms with E-state index in [-0.39, 0.29) is 0 Å². The van der Waals surface area contributed by atoms with E-state index >= 15 is 0 Å². The summed E-state index contributed by atoms with van der Waals surface area (Å²) in [4.78, 5) is 4.56. The highest BCUT2D eigenvalue weighted by atomic mass is 35.5. The van der Waals surface area contributed by atoms with Crippen molar-refractivity contribution < 1.29 is 0 Å². The van der Waals surface area contributed by atoms with Gasteiger partial charge in [0.2, 0.25) is 0 Å². The normalized spacial score (nSPS) is 18.1. The molecule has 1 aliphatic carbocycles. The highest BCUT2D eigenvalue weighted by Gasteiger charge is 2.20. The summed E-state index contributed by atoms with van der Waals surface area (Å²) < 4.78 is 1.78. The van der Waals surface area contributed by atoms with Crippen LogP contribution >= 0.6 is 11.6 Å². The van der Waals surface area contributed by atoms with Crippen LogP contribution in [0, 0.1) is 0 Å². The number of rotatable bonds is 1. The van der Waals surface area contributed by atoms with E-state index in [0.717, 1.165) is 11.5 Å². The first-order chi connectivity index (χ1) is 7.84. The van der Waals surface area contributed by atoms with Crippen molar-refractivity contribution in [1.82, 2.24) is 14.6 Å². The van der Waals surface area contributed by atoms with Crippen molar-refractivity contribution in [3.63, 3.8) is 0 Å². The molecule has 1 aliphatic rings. The maximum atomic E-state index is 6.09. The molecule has 0 radical (unpaired) electrons. The van der Waals surface area contributed by atoms with E-state index in [2.05, 4.69) is 10.1 Å². The predicted octanol–water partition coefficient (Wildman–Crippen LogP) is 3.43. The van der Waals surface area contributed by atoms with Crippen LogP contribution in [0.2, 0.25) is 5.02 Å². The van der Waals surface area contributed by atoms with Crippen molar-refractivity contribution in [2.24, 2.45) is 0 Å². The zero-order valence-corrected chi connectivity index (χ0v) is 9.82. The van der Waals surface area contributed by atoms with Crippen molar-refractivity contribution in [2.45, 2.75) is 38.0 Å². The lowest BCUT2D eigenvalue weighted by atomic mass is 9.89. The molecule has 4 heteroatoms. The maximum absolute atomic E-state index is 6.09. The Bertz CT molecular complexity index is 500. The van der Waals surface area contributed by atoms with Gasteiger partial charge in [-0.05, 0) is 25.0 Å². The van der Waals surface area contributed by atoms with Gasteiger partial charge in [0.05, 0.1) is 5.02 Å². The Kier molecular flexibility index (Phi) is 2.56. The number of pyridine rings is 1. The molecule has 16 heavy (non-hydrogen) atoms. The van der Waals surface area contributed by atoms with Crippen LogP contribution in [0.5, 0.6) is 0 Å². The van der Waals surface area contributed by atoms with Crippen LogP contribution in [0.4, 0.5) is 0 Å². The third kappa shape index (κ3) is 1.69. The molecule has 0 N–H and O–H groups in total. The number of fused-ring (bicyclic) bond motifs is 1. The van der Waals surface area contributed by atoms with Crippen LogP contribution in [0.3, 0.4) is 0 Å². The van der Waals surface area contributed by atoms with Gasteiger partial charge in [0, 0.05) is 12.1 Å². The van der Waals surface area contributed by atoms with Crippen molar-refractivity contribution in [3.05, 3.63) is 29.2 Å². The van der Waals surface area contributed by atoms with Crippen LogP contribution in [-0.4, -0.2) is 14.6 Å². The summed E-state index contributed by atoms with van der Waals surface area (Å²) in [5, 5.41) is 5.20. The molecular formula is C12H14ClN3. The minimum Gasteiger partial charge on any atom is -0.219 e. The fraction of sp³-hybridized carbons (Fsp3) is 0.500. The Hall–Kier alpha value is -1.09. The van der Waals surface area contributed by atoms with Crippen LogP contribution in [0.15, 0.2) is 18.3 Å². The first-order valence-electron chi connectivity index (χ1n) is 5.85. The molecule has 1 saturated carbocycles. The molecule has 0 saturated heterocycles. The van der Waals surface area contributed by atoms with E-state index in [1.807, 2.05) is 18.3 Å². The third-order valence-electron chi connectivity index (χ3n) is 3.30. The minimum absolute atomic E-state index is 0.532. The number of hydrogen-bond acceptors (Lipinski definition) is 2. The van der Waals surface area contributed by atoms with Gasteiger partial charge in [-0.1, -0.05) is 30.9 Å². The Morgan fingerprint density at radius 2 is 2.06 bits per heavy atom. The van der Waals surface area contributed by atoms with E-state index in [1.54, 1.807) is 4.52 Å². The fourth-order valence-electron chi connectivity index (χ4n) is 2.42. The molecule has 0 atom stereocenters. The Balaban J connectivity index is 2.01. The minimum atomic E-state index is 0.532. The first-order valence-corrected chi connectivity index (χ1v) is 6.23. The monoisotopic (exact) mass is 235 g/mol. The standard InChI is InChI=1S/C12H14ClN3/c13-10-7-4-8-16-12(10)14-11(15-16)9-5-2-1-3-6-9/h4,7-9H,1-3,5-6H2. The summed E-state index contributed by atoms with van der Waals surface area (Å²) in [6.07, 6.45) is 8.29. The summed E-state index contributed by atoms with van der Waals surface area (Å²) >= 11 is 6.09. The molecule has 0 amide bonds. The first kappa shape index (κ1) is 10.1. The second-order valence-electron chi connectivity index (χ2n) is 4.43. The molecule has 0 aliphatic heterocycles. The van der Waals surface area contributed by atoms with E-state index in [4.69, 9.17) is 11.6 Å². The molecule has 84 valence electrons. The molecular weight excluding hydrogens is 222 g/mol. The van der Waals surface area contributed by atoms with E-state index < -0.39 is 0 Å². The zero-order valence-electron chi connectivity index (χ0n) is 9.06. The lowest BCUT2D eigenvalue weighted by molar-refractivity contribution is 0.429. The van der Waals surface area contributed by atoms with Gasteiger partial charge in [0.1, 0.15) is 0 Å². The fourth-order valence-corrected chi connectivity index (χ4v) is 2.63. The molecule has 3 nitrogen and oxygen atoms in total. The quantitative estimate of drug-likeness (QED) is 0.758. The van der Waals surface area contributed by atoms with Gasteiger partial charge in [0.15, 0.2) is 11.5 Å². The third-order valence-corrected chi connectivity index (χ3v) is 3.60. The average Bonchev–Trinajstić information content (AvgIpc) is 2.76. The number of halogens is 1. The van der Waals surface area contributed by atoms with Crippen molar-refractivity contribution in [2.75, 3.05) is 0 Å². The lowest BCUT2D eigenvalue weighted by Crippen LogP contribution is -2.06. The summed E-state index contributed by atoms with van der Waals surface area (Å²) in [6, 6.07) is 3.75. The van der Waals surface area contributed by atoms with E-state index in [1.165, 1.54) is 32.1 Å². The van der Waals surface area contributed by atoms with Crippen LogP contribution in [0.25, 0.3) is 5.65 Å². The second kappa shape index (κ2) is 4.06. The van der Waals surface area contributed by atoms with Gasteiger partial charge in [-0.25, -0.2) is 9.50 Å². The largest absolute Gasteiger partial charge is 0.219 e. The number of aromatic nitrogens is 3. The molecule has 2 heterocycles. The number of hydrogen-bond donors (Lipinski definition) is 0. The van der Waals surface area contributed by atoms with Crippen molar-refractivity contribution in [1.29, 1.82) is 0 Å². The van der Waals surface area contributed by atoms with Gasteiger partial charge in [-0.15, -0.1) is 0 Å². The summed E-state index contributed by atoms with van der Waals surface area (Å²) in [7, 11) is 0. The average molecular weight is 236 g/mol. The molecule has 1 fully saturated rings. The van der Waals surface area contributed by atoms with E-state index in [0.29, 0.717) is 10.9 Å². The molecule has 3 rings (SSSR count). The van der Waals surface area contributed by atoms with Crippen LogP contribution < -0.4 is 0 Å². The van der Waals surface area contributed by atoms with Gasteiger partial charge in [-0.3, -0.25) is 0 Å². The Morgan fingerprint density at radius 3 is 2.81 bits per heavy atom. The summed E-state index contributed by atoms with van der Waals surface area (Å²) in [5.74, 6) is 1.50. The smallest absolute Gasteiger partial charge is 0.174 e. The van der Waals surface area contributed by atoms with Gasteiger partial charge in [-0.2, -0.15) is 5.10 Å². The van der Waals surface area contributed by atoms with E-state index in [9.17, 15) is 0 Å². The van der Waals surface area contributed by atoms with Gasteiger partial charge in [0.25, 0.3) is 0 Å². The predicted molar refractivity (Wildman–Crippen MR) is 63.8 cm³/mol. The maximum Gasteiger partial charge on any atom is 0.174 e. The molecule has 0 spiro atoms. The van der Waals surface area contributed by atoms with Crippen molar-refractivity contribution >= 4 is 17.2 Å². The SMILES string of the molecule is Clc1cccn2nc(C3CCCCC3)nc12. The molecule has 0 aromatic carbocycles. The topological polar surface area (TPSA) is 30.2 Å². The molecule has 2 aromatic heterocycles. The number of nitrogens with zero attached hydrogens (tertiary/aromatic N) is 3. The van der Waals surface area contributed by atoms with Crippen LogP contribution in [-0.2, 0) is 0 Å². The van der Waals surface area contributed by atoms with Crippen molar-refractivity contribution in [3.8, 4) is 0 Å². The van der Waals surface area contributed by atoms with Gasteiger partial charge < -0.3 is 0 Å². The molecule has 2 aromatic rings. The zero-order chi connectivity index (χ0) is 11.0. The molecule has 0 bridgehead atoms. The summed E-state index contributed by atoms with van der Waals surface area (Å²) in [6.45, 7) is 0. The molecule has 0 unspecified atom stereocenters. The second-order valence-corrected chi connectivity index (χ2v) is 4.84. The highest BCUT2D eigenvalue weighted by Crippen LogP contribution is 2.31. The van der Waals surface area contributed by atoms with Gasteiger partial charge >= 0.3 is 0 Å².